The summed E-state index contributed by atoms with van der Waals surface area (Å²) in [7, 11) is -2.61. The molecule has 1 heterocycles. The lowest BCUT2D eigenvalue weighted by molar-refractivity contribution is 0.0964. The number of rotatable bonds is 8. The van der Waals surface area contributed by atoms with Crippen LogP contribution in [0.4, 0.5) is 25.8 Å². The van der Waals surface area contributed by atoms with Crippen molar-refractivity contribution in [1.29, 1.82) is 0 Å². The minimum atomic E-state index is -4.20. The first-order valence-corrected chi connectivity index (χ1v) is 11.0. The molecule has 0 saturated heterocycles. The first-order chi connectivity index (χ1) is 13.9. The average Bonchev–Trinajstić information content (AvgIpc) is 3.49. The van der Waals surface area contributed by atoms with Crippen molar-refractivity contribution in [2.75, 3.05) is 28.8 Å². The summed E-state index contributed by atoms with van der Waals surface area (Å²) in [6, 6.07) is 10.3. The summed E-state index contributed by atoms with van der Waals surface area (Å²) in [6.07, 6.45) is 2.57. The number of fused-ring (bicyclic) bond motifs is 1. The van der Waals surface area contributed by atoms with E-state index in [0.29, 0.717) is 24.7 Å². The van der Waals surface area contributed by atoms with Crippen LogP contribution in [0.2, 0.25) is 0 Å². The Morgan fingerprint density at radius 2 is 1.76 bits per heavy atom. The highest BCUT2D eigenvalue weighted by Gasteiger charge is 2.43. The molecule has 0 unspecified atom stereocenters. The molecule has 156 valence electrons. The lowest BCUT2D eigenvalue weighted by atomic mass is 10.2. The third-order valence-electron chi connectivity index (χ3n) is 5.22. The topological polar surface area (TPSA) is 61.9 Å². The molecule has 4 rings (SSSR count). The van der Waals surface area contributed by atoms with Gasteiger partial charge in [-0.25, -0.2) is 13.1 Å². The molecule has 1 N–H and O–H groups in total. The second-order valence-corrected chi connectivity index (χ2v) is 8.93. The lowest BCUT2D eigenvalue weighted by Gasteiger charge is -2.24. The SMILES string of the molecule is CO[C@@H](CCN1c2ccccc2N(c2c(F)cccc2F)S1(=O)=O)CNC1CC1. The van der Waals surface area contributed by atoms with Crippen molar-refractivity contribution in [3.8, 4) is 0 Å². The van der Waals surface area contributed by atoms with Gasteiger partial charge in [0, 0.05) is 26.2 Å². The van der Waals surface area contributed by atoms with Crippen LogP contribution >= 0.6 is 0 Å². The molecule has 2 aromatic rings. The molecule has 0 aromatic heterocycles. The Labute approximate surface area is 169 Å². The summed E-state index contributed by atoms with van der Waals surface area (Å²) in [4.78, 5) is 0. The third-order valence-corrected chi connectivity index (χ3v) is 7.00. The van der Waals surface area contributed by atoms with Gasteiger partial charge >= 0.3 is 10.2 Å². The largest absolute Gasteiger partial charge is 0.380 e. The van der Waals surface area contributed by atoms with Gasteiger partial charge in [-0.15, -0.1) is 0 Å². The molecule has 1 aliphatic carbocycles. The molecule has 1 fully saturated rings. The average molecular weight is 423 g/mol. The Morgan fingerprint density at radius 3 is 2.38 bits per heavy atom. The number of nitrogens with one attached hydrogen (secondary N) is 1. The summed E-state index contributed by atoms with van der Waals surface area (Å²) in [5, 5.41) is 3.37. The maximum absolute atomic E-state index is 14.4. The van der Waals surface area contributed by atoms with E-state index in [2.05, 4.69) is 5.32 Å². The predicted octanol–water partition coefficient (Wildman–Crippen LogP) is 3.32. The van der Waals surface area contributed by atoms with Crippen LogP contribution in [0.5, 0.6) is 0 Å². The number of methoxy groups -OCH3 is 1. The molecule has 2 aromatic carbocycles. The monoisotopic (exact) mass is 423 g/mol. The van der Waals surface area contributed by atoms with Gasteiger partial charge in [-0.05, 0) is 43.5 Å². The van der Waals surface area contributed by atoms with Crippen molar-refractivity contribution in [1.82, 2.24) is 5.32 Å². The zero-order chi connectivity index (χ0) is 20.6. The van der Waals surface area contributed by atoms with Gasteiger partial charge in [0.05, 0.1) is 17.5 Å². The van der Waals surface area contributed by atoms with Crippen molar-refractivity contribution in [2.45, 2.75) is 31.4 Å². The number of hydrogen-bond acceptors (Lipinski definition) is 4. The number of hydrogen-bond donors (Lipinski definition) is 1. The first kappa shape index (κ1) is 20.1. The molecule has 0 bridgehead atoms. The van der Waals surface area contributed by atoms with E-state index >= 15 is 0 Å². The van der Waals surface area contributed by atoms with E-state index < -0.39 is 27.5 Å². The van der Waals surface area contributed by atoms with E-state index in [0.717, 1.165) is 29.3 Å². The van der Waals surface area contributed by atoms with Crippen LogP contribution in [-0.4, -0.2) is 40.8 Å². The molecule has 1 saturated carbocycles. The van der Waals surface area contributed by atoms with E-state index in [1.165, 1.54) is 10.4 Å². The molecule has 29 heavy (non-hydrogen) atoms. The van der Waals surface area contributed by atoms with Crippen LogP contribution in [0.3, 0.4) is 0 Å². The number of nitrogens with zero attached hydrogens (tertiary/aromatic N) is 2. The molecule has 0 amide bonds. The van der Waals surface area contributed by atoms with Crippen molar-refractivity contribution in [3.05, 3.63) is 54.1 Å². The van der Waals surface area contributed by atoms with Gasteiger partial charge in [0.15, 0.2) is 11.6 Å². The Balaban J connectivity index is 1.63. The number of benzene rings is 2. The second-order valence-electron chi connectivity index (χ2n) is 7.23. The van der Waals surface area contributed by atoms with Gasteiger partial charge in [-0.3, -0.25) is 4.31 Å². The molecule has 2 aliphatic rings. The van der Waals surface area contributed by atoms with Crippen molar-refractivity contribution < 1.29 is 21.9 Å². The summed E-state index contributed by atoms with van der Waals surface area (Å²) < 4.78 is 62.9. The van der Waals surface area contributed by atoms with E-state index in [1.807, 2.05) is 0 Å². The molecule has 0 radical (unpaired) electrons. The Hall–Kier alpha value is -2.23. The quantitative estimate of drug-likeness (QED) is 0.708. The maximum atomic E-state index is 14.4. The van der Waals surface area contributed by atoms with Gasteiger partial charge in [0.1, 0.15) is 5.69 Å². The number of halogens is 2. The van der Waals surface area contributed by atoms with E-state index in [-0.39, 0.29) is 18.3 Å². The minimum absolute atomic E-state index is 0.136. The van der Waals surface area contributed by atoms with Crippen LogP contribution in [0.15, 0.2) is 42.5 Å². The predicted molar refractivity (Wildman–Crippen MR) is 108 cm³/mol. The van der Waals surface area contributed by atoms with Crippen LogP contribution in [0, 0.1) is 11.6 Å². The third kappa shape index (κ3) is 3.82. The zero-order valence-electron chi connectivity index (χ0n) is 16.0. The highest BCUT2D eigenvalue weighted by molar-refractivity contribution is 7.95. The molecule has 6 nitrogen and oxygen atoms in total. The van der Waals surface area contributed by atoms with Crippen LogP contribution in [0.1, 0.15) is 19.3 Å². The molecule has 9 heteroatoms. The fourth-order valence-electron chi connectivity index (χ4n) is 3.50. The first-order valence-electron chi connectivity index (χ1n) is 9.55. The van der Waals surface area contributed by atoms with Crippen LogP contribution in [0.25, 0.3) is 0 Å². The van der Waals surface area contributed by atoms with Gasteiger partial charge in [-0.1, -0.05) is 18.2 Å². The van der Waals surface area contributed by atoms with Crippen molar-refractivity contribution in [3.63, 3.8) is 0 Å². The van der Waals surface area contributed by atoms with Gasteiger partial charge in [-0.2, -0.15) is 8.42 Å². The Kier molecular flexibility index (Phi) is 5.46. The lowest BCUT2D eigenvalue weighted by Crippen LogP contribution is -2.39. The highest BCUT2D eigenvalue weighted by Crippen LogP contribution is 2.46. The number of anilines is 3. The smallest absolute Gasteiger partial charge is 0.331 e. The summed E-state index contributed by atoms with van der Waals surface area (Å²) in [5.41, 5.74) is 0.0165. The standard InChI is InChI=1S/C20H23F2N3O3S/c1-28-15(13-23-14-9-10-14)11-12-24-18-7-2-3-8-19(18)25(29(24,26)27)20-16(21)5-4-6-17(20)22/h2-8,14-15,23H,9-13H2,1H3/t15-/m0/s1. The summed E-state index contributed by atoms with van der Waals surface area (Å²) in [5.74, 6) is -1.87. The van der Waals surface area contributed by atoms with Crippen LogP contribution < -0.4 is 13.9 Å². The molecule has 0 spiro atoms. The molecular formula is C20H23F2N3O3S. The molecular weight excluding hydrogens is 400 g/mol. The minimum Gasteiger partial charge on any atom is -0.380 e. The van der Waals surface area contributed by atoms with E-state index in [9.17, 15) is 17.2 Å². The normalized spacial score (nSPS) is 18.7. The fourth-order valence-corrected chi connectivity index (χ4v) is 5.24. The Morgan fingerprint density at radius 1 is 1.10 bits per heavy atom. The van der Waals surface area contributed by atoms with Crippen LogP contribution in [-0.2, 0) is 14.9 Å². The van der Waals surface area contributed by atoms with E-state index in [1.54, 1.807) is 31.4 Å². The van der Waals surface area contributed by atoms with Crippen molar-refractivity contribution in [2.24, 2.45) is 0 Å². The zero-order valence-corrected chi connectivity index (χ0v) is 16.8. The van der Waals surface area contributed by atoms with E-state index in [4.69, 9.17) is 4.74 Å². The summed E-state index contributed by atoms with van der Waals surface area (Å²) >= 11 is 0. The number of para-hydroxylation sites is 3. The second kappa shape index (κ2) is 7.89. The van der Waals surface area contributed by atoms with Gasteiger partial charge in [0.25, 0.3) is 0 Å². The molecule has 1 aliphatic heterocycles. The summed E-state index contributed by atoms with van der Waals surface area (Å²) in [6.45, 7) is 0.763. The highest BCUT2D eigenvalue weighted by atomic mass is 32.2. The fraction of sp³-hybridized carbons (Fsp3) is 0.400. The van der Waals surface area contributed by atoms with Gasteiger partial charge < -0.3 is 10.1 Å². The maximum Gasteiger partial charge on any atom is 0.331 e. The molecule has 1 atom stereocenters. The van der Waals surface area contributed by atoms with Gasteiger partial charge in [0.2, 0.25) is 0 Å². The number of ether oxygens (including phenoxy) is 1. The Bertz CT molecular complexity index is 978. The van der Waals surface area contributed by atoms with Crippen molar-refractivity contribution >= 4 is 27.3 Å².